The maximum absolute atomic E-state index is 10.9. The van der Waals surface area contributed by atoms with Gasteiger partial charge in [0.25, 0.3) is 0 Å². The van der Waals surface area contributed by atoms with Crippen LogP contribution in [0, 0.1) is 0 Å². The molecule has 3 rings (SSSR count). The van der Waals surface area contributed by atoms with Crippen molar-refractivity contribution in [3.05, 3.63) is 36.5 Å². The van der Waals surface area contributed by atoms with Gasteiger partial charge in [0, 0.05) is 24.4 Å². The summed E-state index contributed by atoms with van der Waals surface area (Å²) in [4.78, 5) is 15.1. The predicted molar refractivity (Wildman–Crippen MR) is 64.3 cm³/mol. The van der Waals surface area contributed by atoms with Gasteiger partial charge >= 0.3 is 5.97 Å². The van der Waals surface area contributed by atoms with E-state index in [1.165, 1.54) is 6.92 Å². The number of esters is 1. The number of nitrogens with zero attached hydrogens (tertiary/aromatic N) is 1. The van der Waals surface area contributed by atoms with Crippen molar-refractivity contribution in [1.82, 2.24) is 4.98 Å². The number of ether oxygens (including phenoxy) is 1. The second kappa shape index (κ2) is 3.59. The average Bonchev–Trinajstić information content (AvgIpc) is 2.30. The molecule has 0 atom stereocenters. The molecule has 0 saturated carbocycles. The first kappa shape index (κ1) is 9.84. The minimum absolute atomic E-state index is 0.316. The number of rotatable bonds is 1. The second-order valence-electron chi connectivity index (χ2n) is 3.86. The zero-order valence-corrected chi connectivity index (χ0v) is 9.23. The molecule has 1 N–H and O–H groups in total. The maximum atomic E-state index is 10.9. The zero-order chi connectivity index (χ0) is 11.8. The molecule has 4 heteroatoms. The summed E-state index contributed by atoms with van der Waals surface area (Å²) in [7, 11) is 0. The third-order valence-corrected chi connectivity index (χ3v) is 2.59. The molecular formula is C13H10N2O2. The number of aromatic nitrogens is 1. The average molecular weight is 226 g/mol. The van der Waals surface area contributed by atoms with Crippen LogP contribution in [0.5, 0.6) is 5.75 Å². The van der Waals surface area contributed by atoms with E-state index in [0.717, 1.165) is 22.6 Å². The van der Waals surface area contributed by atoms with Gasteiger partial charge in [0.1, 0.15) is 11.6 Å². The smallest absolute Gasteiger partial charge is 0.308 e. The van der Waals surface area contributed by atoms with E-state index in [0.29, 0.717) is 5.75 Å². The molecule has 4 nitrogen and oxygen atoms in total. The fourth-order valence-electron chi connectivity index (χ4n) is 1.91. The number of pyridine rings is 1. The highest BCUT2D eigenvalue weighted by atomic mass is 16.5. The van der Waals surface area contributed by atoms with Crippen molar-refractivity contribution < 1.29 is 9.53 Å². The van der Waals surface area contributed by atoms with Crippen molar-refractivity contribution in [2.75, 3.05) is 5.32 Å². The fraction of sp³-hybridized carbons (Fsp3) is 0.0769. The van der Waals surface area contributed by atoms with E-state index in [4.69, 9.17) is 4.74 Å². The van der Waals surface area contributed by atoms with Gasteiger partial charge in [-0.25, -0.2) is 4.98 Å². The minimum atomic E-state index is -0.316. The van der Waals surface area contributed by atoms with E-state index in [9.17, 15) is 4.79 Å². The van der Waals surface area contributed by atoms with Gasteiger partial charge in [0.2, 0.25) is 0 Å². The van der Waals surface area contributed by atoms with E-state index in [2.05, 4.69) is 10.3 Å². The lowest BCUT2D eigenvalue weighted by molar-refractivity contribution is -0.131. The number of hydrogen-bond donors (Lipinski definition) is 1. The first-order valence-electron chi connectivity index (χ1n) is 5.28. The molecular weight excluding hydrogens is 216 g/mol. The number of carbonyl (C=O) groups is 1. The van der Waals surface area contributed by atoms with Crippen LogP contribution in [0.1, 0.15) is 6.92 Å². The Kier molecular flexibility index (Phi) is 2.08. The Hall–Kier alpha value is -2.36. The topological polar surface area (TPSA) is 51.2 Å². The number of hydrogen-bond acceptors (Lipinski definition) is 4. The highest BCUT2D eigenvalue weighted by Gasteiger charge is 2.14. The van der Waals surface area contributed by atoms with Crippen LogP contribution >= 0.6 is 0 Å². The summed E-state index contributed by atoms with van der Waals surface area (Å²) in [6.45, 7) is 1.39. The van der Waals surface area contributed by atoms with Crippen LogP contribution in [-0.4, -0.2) is 11.0 Å². The van der Waals surface area contributed by atoms with Gasteiger partial charge in [0.15, 0.2) is 0 Å². The van der Waals surface area contributed by atoms with Crippen LogP contribution in [-0.2, 0) is 4.79 Å². The molecule has 17 heavy (non-hydrogen) atoms. The first-order valence-corrected chi connectivity index (χ1v) is 5.28. The van der Waals surface area contributed by atoms with Crippen LogP contribution in [0.25, 0.3) is 11.1 Å². The fourth-order valence-corrected chi connectivity index (χ4v) is 1.91. The molecule has 1 aliphatic rings. The van der Waals surface area contributed by atoms with Crippen molar-refractivity contribution in [3.8, 4) is 16.9 Å². The molecule has 0 unspecified atom stereocenters. The normalized spacial score (nSPS) is 11.4. The van der Waals surface area contributed by atoms with E-state index in [1.54, 1.807) is 12.3 Å². The van der Waals surface area contributed by atoms with Crippen LogP contribution in [0.3, 0.4) is 0 Å². The van der Waals surface area contributed by atoms with Crippen molar-refractivity contribution in [1.29, 1.82) is 0 Å². The molecule has 0 amide bonds. The summed E-state index contributed by atoms with van der Waals surface area (Å²) in [5.74, 6) is 1.07. The third-order valence-electron chi connectivity index (χ3n) is 2.59. The zero-order valence-electron chi connectivity index (χ0n) is 9.23. The van der Waals surface area contributed by atoms with Gasteiger partial charge in [0.05, 0.1) is 0 Å². The van der Waals surface area contributed by atoms with Crippen molar-refractivity contribution in [2.45, 2.75) is 6.92 Å². The molecule has 1 aliphatic heterocycles. The minimum Gasteiger partial charge on any atom is -0.427 e. The molecule has 2 aromatic rings. The van der Waals surface area contributed by atoms with E-state index in [1.807, 2.05) is 24.3 Å². The summed E-state index contributed by atoms with van der Waals surface area (Å²) in [6.07, 6.45) is 1.75. The molecule has 1 aromatic heterocycles. The second-order valence-corrected chi connectivity index (χ2v) is 3.86. The predicted octanol–water partition coefficient (Wildman–Crippen LogP) is 2.73. The van der Waals surface area contributed by atoms with Gasteiger partial charge in [-0.3, -0.25) is 4.79 Å². The van der Waals surface area contributed by atoms with Crippen LogP contribution in [0.15, 0.2) is 36.5 Å². The van der Waals surface area contributed by atoms with Crippen LogP contribution in [0.4, 0.5) is 11.5 Å². The highest BCUT2D eigenvalue weighted by Crippen LogP contribution is 2.37. The molecule has 84 valence electrons. The lowest BCUT2D eigenvalue weighted by Crippen LogP contribution is -2.04. The van der Waals surface area contributed by atoms with Gasteiger partial charge in [-0.2, -0.15) is 0 Å². The Labute approximate surface area is 98.3 Å². The SMILES string of the molecule is CC(=O)Oc1ccc2c(c1)-c1ccnc(c1)N2. The highest BCUT2D eigenvalue weighted by molar-refractivity contribution is 5.86. The largest absolute Gasteiger partial charge is 0.427 e. The summed E-state index contributed by atoms with van der Waals surface area (Å²) in [6, 6.07) is 9.39. The van der Waals surface area contributed by atoms with Gasteiger partial charge in [-0.15, -0.1) is 0 Å². The monoisotopic (exact) mass is 226 g/mol. The molecule has 1 aromatic carbocycles. The van der Waals surface area contributed by atoms with Crippen molar-refractivity contribution in [2.24, 2.45) is 0 Å². The Balaban J connectivity index is 2.09. The molecule has 0 saturated heterocycles. The van der Waals surface area contributed by atoms with Crippen molar-refractivity contribution in [3.63, 3.8) is 0 Å². The number of carbonyl (C=O) groups excluding carboxylic acids is 1. The maximum Gasteiger partial charge on any atom is 0.308 e. The Morgan fingerprint density at radius 1 is 1.29 bits per heavy atom. The number of benzene rings is 1. The molecule has 0 aliphatic carbocycles. The van der Waals surface area contributed by atoms with Gasteiger partial charge in [-0.05, 0) is 35.9 Å². The lowest BCUT2D eigenvalue weighted by Gasteiger charge is -2.18. The molecule has 0 radical (unpaired) electrons. The molecule has 0 fully saturated rings. The quantitative estimate of drug-likeness (QED) is 0.512. The van der Waals surface area contributed by atoms with Crippen LogP contribution in [0.2, 0.25) is 0 Å². The first-order chi connectivity index (χ1) is 8.22. The lowest BCUT2D eigenvalue weighted by atomic mass is 10.0. The Morgan fingerprint density at radius 3 is 3.00 bits per heavy atom. The Morgan fingerprint density at radius 2 is 2.18 bits per heavy atom. The van der Waals surface area contributed by atoms with E-state index >= 15 is 0 Å². The molecule has 2 heterocycles. The summed E-state index contributed by atoms with van der Waals surface area (Å²) in [5.41, 5.74) is 3.05. The van der Waals surface area contributed by atoms with Gasteiger partial charge in [-0.1, -0.05) is 0 Å². The van der Waals surface area contributed by atoms with Gasteiger partial charge < -0.3 is 10.1 Å². The van der Waals surface area contributed by atoms with Crippen molar-refractivity contribution >= 4 is 17.5 Å². The molecule has 0 spiro atoms. The van der Waals surface area contributed by atoms with E-state index < -0.39 is 0 Å². The summed E-state index contributed by atoms with van der Waals surface area (Å²) >= 11 is 0. The standard InChI is InChI=1S/C13H10N2O2/c1-8(16)17-10-2-3-12-11(7-10)9-4-5-14-13(6-9)15-12/h2-7H,1H3,(H,14,15). The van der Waals surface area contributed by atoms with E-state index in [-0.39, 0.29) is 5.97 Å². The molecule has 2 bridgehead atoms. The number of fused-ring (bicyclic) bond motifs is 4. The summed E-state index contributed by atoms with van der Waals surface area (Å²) < 4.78 is 5.07. The number of anilines is 2. The third kappa shape index (κ3) is 1.73. The number of nitrogens with one attached hydrogen (secondary N) is 1. The Bertz CT molecular complexity index is 608. The van der Waals surface area contributed by atoms with Crippen LogP contribution < -0.4 is 10.1 Å². The summed E-state index contributed by atoms with van der Waals surface area (Å²) in [5, 5.41) is 3.19.